The van der Waals surface area contributed by atoms with Crippen LogP contribution in [0.2, 0.25) is 0 Å². The minimum absolute atomic E-state index is 0.214. The maximum absolute atomic E-state index is 5.96. The summed E-state index contributed by atoms with van der Waals surface area (Å²) < 4.78 is 11.3. The van der Waals surface area contributed by atoms with E-state index in [1.807, 2.05) is 6.07 Å². The molecule has 98 valence electrons. The Morgan fingerprint density at radius 1 is 1.39 bits per heavy atom. The molecule has 1 saturated carbocycles. The first-order valence-electron chi connectivity index (χ1n) is 6.87. The lowest BCUT2D eigenvalue weighted by Crippen LogP contribution is -2.41. The van der Waals surface area contributed by atoms with Crippen LogP contribution in [0.15, 0.2) is 24.3 Å². The number of rotatable bonds is 4. The minimum Gasteiger partial charge on any atom is -0.488 e. The number of benzene rings is 1. The molecule has 2 fully saturated rings. The van der Waals surface area contributed by atoms with Crippen molar-refractivity contribution in [2.24, 2.45) is 5.73 Å². The van der Waals surface area contributed by atoms with Gasteiger partial charge in [0.05, 0.1) is 13.2 Å². The van der Waals surface area contributed by atoms with Crippen molar-refractivity contribution in [2.75, 3.05) is 19.8 Å². The van der Waals surface area contributed by atoms with Crippen LogP contribution in [0.4, 0.5) is 0 Å². The molecule has 3 nitrogen and oxygen atoms in total. The van der Waals surface area contributed by atoms with Crippen molar-refractivity contribution >= 4 is 0 Å². The first-order chi connectivity index (χ1) is 8.82. The van der Waals surface area contributed by atoms with E-state index < -0.39 is 0 Å². The maximum atomic E-state index is 5.96. The predicted octanol–water partition coefficient (Wildman–Crippen LogP) is 2.23. The number of hydrogen-bond acceptors (Lipinski definition) is 3. The Morgan fingerprint density at radius 3 is 2.89 bits per heavy atom. The van der Waals surface area contributed by atoms with Gasteiger partial charge in [0.2, 0.25) is 0 Å². The van der Waals surface area contributed by atoms with Crippen LogP contribution < -0.4 is 10.5 Å². The zero-order valence-corrected chi connectivity index (χ0v) is 10.7. The molecule has 0 radical (unpaired) electrons. The molecule has 0 bridgehead atoms. The standard InChI is InChI=1S/C15H21NO2/c16-11-15(6-2-7-15)12-3-1-4-13(9-12)18-14-5-8-17-10-14/h1,3-4,9,14H,2,5-8,10-11,16H2. The molecule has 0 aromatic heterocycles. The van der Waals surface area contributed by atoms with E-state index in [1.54, 1.807) is 0 Å². The van der Waals surface area contributed by atoms with Crippen molar-refractivity contribution in [2.45, 2.75) is 37.2 Å². The molecule has 1 aromatic rings. The average molecular weight is 247 g/mol. The smallest absolute Gasteiger partial charge is 0.124 e. The van der Waals surface area contributed by atoms with Crippen LogP contribution in [0.1, 0.15) is 31.2 Å². The molecule has 1 atom stereocenters. The van der Waals surface area contributed by atoms with Crippen molar-refractivity contribution in [3.63, 3.8) is 0 Å². The topological polar surface area (TPSA) is 44.5 Å². The van der Waals surface area contributed by atoms with Gasteiger partial charge in [0.1, 0.15) is 11.9 Å². The Bertz CT molecular complexity index is 403. The van der Waals surface area contributed by atoms with E-state index >= 15 is 0 Å². The normalized spacial score (nSPS) is 25.7. The first kappa shape index (κ1) is 12.0. The molecule has 3 rings (SSSR count). The van der Waals surface area contributed by atoms with E-state index in [1.165, 1.54) is 24.8 Å². The molecule has 18 heavy (non-hydrogen) atoms. The summed E-state index contributed by atoms with van der Waals surface area (Å²) in [5.74, 6) is 0.961. The Balaban J connectivity index is 1.76. The van der Waals surface area contributed by atoms with Gasteiger partial charge in [0.15, 0.2) is 0 Å². The molecule has 3 heteroatoms. The second-order valence-corrected chi connectivity index (χ2v) is 5.47. The maximum Gasteiger partial charge on any atom is 0.124 e. The Hall–Kier alpha value is -1.06. The average Bonchev–Trinajstić information content (AvgIpc) is 2.82. The van der Waals surface area contributed by atoms with Crippen LogP contribution in [-0.4, -0.2) is 25.9 Å². The lowest BCUT2D eigenvalue weighted by Gasteiger charge is -2.41. The molecule has 0 spiro atoms. The highest BCUT2D eigenvalue weighted by Crippen LogP contribution is 2.43. The van der Waals surface area contributed by atoms with E-state index in [0.29, 0.717) is 6.61 Å². The van der Waals surface area contributed by atoms with Crippen LogP contribution in [0, 0.1) is 0 Å². The summed E-state index contributed by atoms with van der Waals surface area (Å²) in [5.41, 5.74) is 7.51. The van der Waals surface area contributed by atoms with Crippen molar-refractivity contribution in [3.05, 3.63) is 29.8 Å². The summed E-state index contributed by atoms with van der Waals surface area (Å²) in [5, 5.41) is 0. The zero-order valence-electron chi connectivity index (χ0n) is 10.7. The van der Waals surface area contributed by atoms with Gasteiger partial charge in [-0.05, 0) is 30.5 Å². The minimum atomic E-state index is 0.214. The molecule has 2 N–H and O–H groups in total. The predicted molar refractivity (Wildman–Crippen MR) is 70.9 cm³/mol. The van der Waals surface area contributed by atoms with E-state index in [-0.39, 0.29) is 11.5 Å². The molecule has 1 saturated heterocycles. The van der Waals surface area contributed by atoms with Gasteiger partial charge in [0.25, 0.3) is 0 Å². The van der Waals surface area contributed by atoms with Crippen LogP contribution in [0.5, 0.6) is 5.75 Å². The third kappa shape index (κ3) is 2.13. The Labute approximate surface area is 108 Å². The molecule has 0 amide bonds. The highest BCUT2D eigenvalue weighted by atomic mass is 16.5. The van der Waals surface area contributed by atoms with E-state index in [2.05, 4.69) is 18.2 Å². The summed E-state index contributed by atoms with van der Waals surface area (Å²) in [6, 6.07) is 8.47. The van der Waals surface area contributed by atoms with Crippen molar-refractivity contribution < 1.29 is 9.47 Å². The van der Waals surface area contributed by atoms with Crippen molar-refractivity contribution in [1.29, 1.82) is 0 Å². The van der Waals surface area contributed by atoms with Crippen LogP contribution in [0.25, 0.3) is 0 Å². The molecule has 2 aliphatic rings. The zero-order chi connectivity index (χ0) is 12.4. The summed E-state index contributed by atoms with van der Waals surface area (Å²) in [6.07, 6.45) is 4.92. The summed E-state index contributed by atoms with van der Waals surface area (Å²) in [4.78, 5) is 0. The highest BCUT2D eigenvalue weighted by Gasteiger charge is 2.37. The SMILES string of the molecule is NCC1(c2cccc(OC3CCOC3)c2)CCC1. The fourth-order valence-corrected chi connectivity index (χ4v) is 2.91. The number of nitrogens with two attached hydrogens (primary N) is 1. The lowest BCUT2D eigenvalue weighted by molar-refractivity contribution is 0.141. The van der Waals surface area contributed by atoms with Crippen LogP contribution in [0.3, 0.4) is 0 Å². The molecular formula is C15H21NO2. The quantitative estimate of drug-likeness (QED) is 0.887. The molecule has 1 aliphatic heterocycles. The van der Waals surface area contributed by atoms with Gasteiger partial charge < -0.3 is 15.2 Å². The molecule has 1 unspecified atom stereocenters. The van der Waals surface area contributed by atoms with Gasteiger partial charge in [-0.3, -0.25) is 0 Å². The van der Waals surface area contributed by atoms with Gasteiger partial charge >= 0.3 is 0 Å². The van der Waals surface area contributed by atoms with Crippen molar-refractivity contribution in [1.82, 2.24) is 0 Å². The summed E-state index contributed by atoms with van der Waals surface area (Å²) >= 11 is 0. The van der Waals surface area contributed by atoms with Gasteiger partial charge in [-0.15, -0.1) is 0 Å². The number of ether oxygens (including phenoxy) is 2. The molecular weight excluding hydrogens is 226 g/mol. The van der Waals surface area contributed by atoms with Gasteiger partial charge in [-0.25, -0.2) is 0 Å². The van der Waals surface area contributed by atoms with Crippen molar-refractivity contribution in [3.8, 4) is 5.75 Å². The Morgan fingerprint density at radius 2 is 2.28 bits per heavy atom. The second kappa shape index (κ2) is 4.90. The fraction of sp³-hybridized carbons (Fsp3) is 0.600. The fourth-order valence-electron chi connectivity index (χ4n) is 2.91. The molecule has 1 aromatic carbocycles. The third-order valence-electron chi connectivity index (χ3n) is 4.34. The summed E-state index contributed by atoms with van der Waals surface area (Å²) in [6.45, 7) is 2.27. The van der Waals surface area contributed by atoms with Crippen LogP contribution >= 0.6 is 0 Å². The largest absolute Gasteiger partial charge is 0.488 e. The Kier molecular flexibility index (Phi) is 3.27. The van der Waals surface area contributed by atoms with E-state index in [4.69, 9.17) is 15.2 Å². The van der Waals surface area contributed by atoms with Gasteiger partial charge in [0, 0.05) is 18.4 Å². The van der Waals surface area contributed by atoms with Gasteiger partial charge in [-0.2, -0.15) is 0 Å². The van der Waals surface area contributed by atoms with E-state index in [9.17, 15) is 0 Å². The molecule has 1 aliphatic carbocycles. The third-order valence-corrected chi connectivity index (χ3v) is 4.34. The highest BCUT2D eigenvalue weighted by molar-refractivity contribution is 5.36. The van der Waals surface area contributed by atoms with E-state index in [0.717, 1.165) is 25.3 Å². The van der Waals surface area contributed by atoms with Crippen LogP contribution in [-0.2, 0) is 10.2 Å². The number of hydrogen-bond donors (Lipinski definition) is 1. The lowest BCUT2D eigenvalue weighted by atomic mass is 9.64. The molecule has 1 heterocycles. The first-order valence-corrected chi connectivity index (χ1v) is 6.87. The monoisotopic (exact) mass is 247 g/mol. The van der Waals surface area contributed by atoms with Gasteiger partial charge in [-0.1, -0.05) is 18.6 Å². The summed E-state index contributed by atoms with van der Waals surface area (Å²) in [7, 11) is 0. The second-order valence-electron chi connectivity index (χ2n) is 5.47.